The van der Waals surface area contributed by atoms with Gasteiger partial charge in [0.05, 0.1) is 6.54 Å². The number of nitrogens with one attached hydrogen (secondary N) is 1. The Kier molecular flexibility index (Phi) is 5.84. The van der Waals surface area contributed by atoms with Gasteiger partial charge in [-0.2, -0.15) is 0 Å². The van der Waals surface area contributed by atoms with Gasteiger partial charge in [-0.3, -0.25) is 4.99 Å². The lowest BCUT2D eigenvalue weighted by atomic mass is 10.00. The van der Waals surface area contributed by atoms with Crippen LogP contribution in [0.3, 0.4) is 0 Å². The van der Waals surface area contributed by atoms with Crippen molar-refractivity contribution in [2.45, 2.75) is 19.8 Å². The Morgan fingerprint density at radius 2 is 2.19 bits per heavy atom. The van der Waals surface area contributed by atoms with Crippen molar-refractivity contribution in [3.63, 3.8) is 0 Å². The molecule has 0 aliphatic carbocycles. The zero-order valence-corrected chi connectivity index (χ0v) is 12.8. The SMILES string of the molecule is CN=C(NCCOc1cccc(F)c1)N1CCC(C)CC1. The van der Waals surface area contributed by atoms with Gasteiger partial charge >= 0.3 is 0 Å². The maximum absolute atomic E-state index is 13.0. The third kappa shape index (κ3) is 4.92. The Morgan fingerprint density at radius 3 is 2.86 bits per heavy atom. The van der Waals surface area contributed by atoms with Crippen LogP contribution in [0.25, 0.3) is 0 Å². The fraction of sp³-hybridized carbons (Fsp3) is 0.562. The highest BCUT2D eigenvalue weighted by atomic mass is 19.1. The van der Waals surface area contributed by atoms with Crippen LogP contribution in [-0.2, 0) is 0 Å². The second-order valence-corrected chi connectivity index (χ2v) is 5.45. The summed E-state index contributed by atoms with van der Waals surface area (Å²) in [6.45, 7) is 5.51. The summed E-state index contributed by atoms with van der Waals surface area (Å²) in [7, 11) is 1.80. The molecular weight excluding hydrogens is 269 g/mol. The molecule has 2 rings (SSSR count). The molecular formula is C16H24FN3O. The highest BCUT2D eigenvalue weighted by Gasteiger charge is 2.18. The first-order chi connectivity index (χ1) is 10.2. The lowest BCUT2D eigenvalue weighted by molar-refractivity contribution is 0.269. The summed E-state index contributed by atoms with van der Waals surface area (Å²) in [6, 6.07) is 6.20. The number of likely N-dealkylation sites (tertiary alicyclic amines) is 1. The van der Waals surface area contributed by atoms with Crippen LogP contribution in [-0.4, -0.2) is 44.1 Å². The number of benzene rings is 1. The van der Waals surface area contributed by atoms with Crippen molar-refractivity contribution >= 4 is 5.96 Å². The molecule has 1 fully saturated rings. The molecule has 1 heterocycles. The molecule has 0 atom stereocenters. The molecule has 0 unspecified atom stereocenters. The topological polar surface area (TPSA) is 36.9 Å². The van der Waals surface area contributed by atoms with E-state index in [0.29, 0.717) is 18.9 Å². The maximum Gasteiger partial charge on any atom is 0.193 e. The lowest BCUT2D eigenvalue weighted by Crippen LogP contribution is -2.46. The average molecular weight is 293 g/mol. The van der Waals surface area contributed by atoms with Crippen molar-refractivity contribution in [2.24, 2.45) is 10.9 Å². The van der Waals surface area contributed by atoms with E-state index in [2.05, 4.69) is 22.1 Å². The van der Waals surface area contributed by atoms with Crippen molar-refractivity contribution in [1.82, 2.24) is 10.2 Å². The monoisotopic (exact) mass is 293 g/mol. The fourth-order valence-corrected chi connectivity index (χ4v) is 2.44. The molecule has 1 aliphatic heterocycles. The molecule has 1 aromatic rings. The van der Waals surface area contributed by atoms with E-state index in [-0.39, 0.29) is 5.82 Å². The van der Waals surface area contributed by atoms with Gasteiger partial charge in [0.2, 0.25) is 0 Å². The zero-order valence-electron chi connectivity index (χ0n) is 12.8. The molecule has 1 aliphatic rings. The van der Waals surface area contributed by atoms with Gasteiger partial charge in [0, 0.05) is 26.2 Å². The number of nitrogens with zero attached hydrogens (tertiary/aromatic N) is 2. The smallest absolute Gasteiger partial charge is 0.193 e. The summed E-state index contributed by atoms with van der Waals surface area (Å²) in [4.78, 5) is 6.59. The number of rotatable bonds is 4. The van der Waals surface area contributed by atoms with E-state index in [1.54, 1.807) is 19.2 Å². The van der Waals surface area contributed by atoms with Crippen molar-refractivity contribution in [1.29, 1.82) is 0 Å². The second-order valence-electron chi connectivity index (χ2n) is 5.45. The molecule has 0 saturated carbocycles. The van der Waals surface area contributed by atoms with E-state index in [1.165, 1.54) is 25.0 Å². The van der Waals surface area contributed by atoms with E-state index in [0.717, 1.165) is 25.0 Å². The summed E-state index contributed by atoms with van der Waals surface area (Å²) in [5, 5.41) is 3.30. The van der Waals surface area contributed by atoms with Crippen LogP contribution in [0.1, 0.15) is 19.8 Å². The second kappa shape index (κ2) is 7.86. The van der Waals surface area contributed by atoms with E-state index in [9.17, 15) is 4.39 Å². The molecule has 5 heteroatoms. The van der Waals surface area contributed by atoms with Gasteiger partial charge < -0.3 is 15.0 Å². The summed E-state index contributed by atoms with van der Waals surface area (Å²) in [5.74, 6) is 2.00. The van der Waals surface area contributed by atoms with Crippen LogP contribution in [0.4, 0.5) is 4.39 Å². The molecule has 1 saturated heterocycles. The first kappa shape index (κ1) is 15.6. The number of hydrogen-bond donors (Lipinski definition) is 1. The Balaban J connectivity index is 1.71. The molecule has 21 heavy (non-hydrogen) atoms. The van der Waals surface area contributed by atoms with Gasteiger partial charge in [-0.15, -0.1) is 0 Å². The predicted molar refractivity (Wildman–Crippen MR) is 83.2 cm³/mol. The minimum atomic E-state index is -0.279. The number of halogens is 1. The minimum Gasteiger partial charge on any atom is -0.492 e. The van der Waals surface area contributed by atoms with Gasteiger partial charge in [0.25, 0.3) is 0 Å². The van der Waals surface area contributed by atoms with E-state index in [1.807, 2.05) is 0 Å². The fourth-order valence-electron chi connectivity index (χ4n) is 2.44. The number of guanidine groups is 1. The number of piperidine rings is 1. The summed E-state index contributed by atoms with van der Waals surface area (Å²) >= 11 is 0. The van der Waals surface area contributed by atoms with E-state index < -0.39 is 0 Å². The normalized spacial score (nSPS) is 16.9. The van der Waals surface area contributed by atoms with Crippen molar-refractivity contribution < 1.29 is 9.13 Å². The van der Waals surface area contributed by atoms with Crippen LogP contribution in [0.5, 0.6) is 5.75 Å². The largest absolute Gasteiger partial charge is 0.492 e. The quantitative estimate of drug-likeness (QED) is 0.526. The van der Waals surface area contributed by atoms with E-state index in [4.69, 9.17) is 4.74 Å². The lowest BCUT2D eigenvalue weighted by Gasteiger charge is -2.32. The Bertz CT molecular complexity index is 470. The van der Waals surface area contributed by atoms with Crippen LogP contribution in [0, 0.1) is 11.7 Å². The van der Waals surface area contributed by atoms with Gasteiger partial charge in [-0.1, -0.05) is 13.0 Å². The molecule has 0 bridgehead atoms. The highest BCUT2D eigenvalue weighted by Crippen LogP contribution is 2.15. The van der Waals surface area contributed by atoms with Crippen LogP contribution >= 0.6 is 0 Å². The van der Waals surface area contributed by atoms with Gasteiger partial charge in [-0.25, -0.2) is 4.39 Å². The number of ether oxygens (including phenoxy) is 1. The third-order valence-electron chi connectivity index (χ3n) is 3.74. The Morgan fingerprint density at radius 1 is 1.43 bits per heavy atom. The van der Waals surface area contributed by atoms with Crippen molar-refractivity contribution in [2.75, 3.05) is 33.3 Å². The molecule has 116 valence electrons. The molecule has 0 radical (unpaired) electrons. The van der Waals surface area contributed by atoms with Crippen molar-refractivity contribution in [3.05, 3.63) is 30.1 Å². The molecule has 1 N–H and O–H groups in total. The average Bonchev–Trinajstić information content (AvgIpc) is 2.49. The van der Waals surface area contributed by atoms with Crippen molar-refractivity contribution in [3.8, 4) is 5.75 Å². The molecule has 1 aromatic carbocycles. The van der Waals surface area contributed by atoms with Crippen LogP contribution < -0.4 is 10.1 Å². The molecule has 0 amide bonds. The first-order valence-corrected chi connectivity index (χ1v) is 7.53. The van der Waals surface area contributed by atoms with Crippen LogP contribution in [0.2, 0.25) is 0 Å². The Hall–Kier alpha value is -1.78. The third-order valence-corrected chi connectivity index (χ3v) is 3.74. The summed E-state index contributed by atoms with van der Waals surface area (Å²) < 4.78 is 18.5. The zero-order chi connectivity index (χ0) is 15.1. The van der Waals surface area contributed by atoms with E-state index >= 15 is 0 Å². The maximum atomic E-state index is 13.0. The summed E-state index contributed by atoms with van der Waals surface area (Å²) in [6.07, 6.45) is 2.42. The molecule has 0 spiro atoms. The van der Waals surface area contributed by atoms with Gasteiger partial charge in [-0.05, 0) is 30.9 Å². The standard InChI is InChI=1S/C16H24FN3O/c1-13-6-9-20(10-7-13)16(18-2)19-8-11-21-15-5-3-4-14(17)12-15/h3-5,12-13H,6-11H2,1-2H3,(H,18,19). The van der Waals surface area contributed by atoms with Gasteiger partial charge in [0.15, 0.2) is 5.96 Å². The van der Waals surface area contributed by atoms with Gasteiger partial charge in [0.1, 0.15) is 18.2 Å². The minimum absolute atomic E-state index is 0.279. The summed E-state index contributed by atoms with van der Waals surface area (Å²) in [5.41, 5.74) is 0. The molecule has 0 aromatic heterocycles. The predicted octanol–water partition coefficient (Wildman–Crippen LogP) is 2.51. The highest BCUT2D eigenvalue weighted by molar-refractivity contribution is 5.79. The number of aliphatic imine (C=N–C) groups is 1. The van der Waals surface area contributed by atoms with Crippen LogP contribution in [0.15, 0.2) is 29.3 Å². The molecule has 4 nitrogen and oxygen atoms in total. The Labute approximate surface area is 126 Å². The first-order valence-electron chi connectivity index (χ1n) is 7.53. The number of hydrogen-bond acceptors (Lipinski definition) is 2.